The maximum atomic E-state index is 12.5. The van der Waals surface area contributed by atoms with E-state index in [1.165, 1.54) is 12.8 Å². The number of carbonyl (C=O) groups excluding carboxylic acids is 1. The van der Waals surface area contributed by atoms with Crippen molar-refractivity contribution in [1.29, 1.82) is 5.26 Å². The Morgan fingerprint density at radius 2 is 2.19 bits per heavy atom. The minimum Gasteiger partial charge on any atom is -0.480 e. The van der Waals surface area contributed by atoms with Crippen LogP contribution in [0.25, 0.3) is 0 Å². The average Bonchev–Trinajstić information content (AvgIpc) is 3.30. The highest BCUT2D eigenvalue weighted by Gasteiger charge is 2.29. The molecule has 1 amide bonds. The van der Waals surface area contributed by atoms with Crippen molar-refractivity contribution in [1.82, 2.24) is 4.90 Å². The zero-order valence-electron chi connectivity index (χ0n) is 12.7. The summed E-state index contributed by atoms with van der Waals surface area (Å²) in [6.07, 6.45) is 2.82. The van der Waals surface area contributed by atoms with Crippen LogP contribution in [0.5, 0.6) is 5.75 Å². The fourth-order valence-corrected chi connectivity index (χ4v) is 2.33. The molecule has 0 N–H and O–H groups in total. The first-order chi connectivity index (χ1) is 10.2. The van der Waals surface area contributed by atoms with Crippen LogP contribution in [-0.2, 0) is 4.79 Å². The van der Waals surface area contributed by atoms with Gasteiger partial charge in [0.1, 0.15) is 11.8 Å². The van der Waals surface area contributed by atoms with Crippen molar-refractivity contribution in [3.63, 3.8) is 0 Å². The van der Waals surface area contributed by atoms with Crippen LogP contribution in [0.15, 0.2) is 24.3 Å². The zero-order chi connectivity index (χ0) is 15.2. The summed E-state index contributed by atoms with van der Waals surface area (Å²) in [5.41, 5.74) is 0.460. The van der Waals surface area contributed by atoms with Gasteiger partial charge in [-0.1, -0.05) is 19.1 Å². The Kier molecular flexibility index (Phi) is 5.21. The SMILES string of the molecule is CCCN(CC1CC1)C(=O)C(C)Oc1ccccc1C#N. The smallest absolute Gasteiger partial charge is 0.263 e. The van der Waals surface area contributed by atoms with E-state index in [1.54, 1.807) is 31.2 Å². The van der Waals surface area contributed by atoms with Crippen LogP contribution in [-0.4, -0.2) is 30.0 Å². The third kappa shape index (κ3) is 4.22. The van der Waals surface area contributed by atoms with Gasteiger partial charge in [-0.15, -0.1) is 0 Å². The topological polar surface area (TPSA) is 53.3 Å². The first-order valence-electron chi connectivity index (χ1n) is 7.60. The fraction of sp³-hybridized carbons (Fsp3) is 0.529. The molecule has 1 aromatic carbocycles. The summed E-state index contributed by atoms with van der Waals surface area (Å²) in [7, 11) is 0. The van der Waals surface area contributed by atoms with E-state index in [0.717, 1.165) is 19.5 Å². The fourth-order valence-electron chi connectivity index (χ4n) is 2.33. The molecule has 21 heavy (non-hydrogen) atoms. The Balaban J connectivity index is 2.01. The molecule has 2 rings (SSSR count). The van der Waals surface area contributed by atoms with Gasteiger partial charge in [0.25, 0.3) is 5.91 Å². The summed E-state index contributed by atoms with van der Waals surface area (Å²) in [6.45, 7) is 5.43. The van der Waals surface area contributed by atoms with Gasteiger partial charge in [-0.25, -0.2) is 0 Å². The number of benzene rings is 1. The summed E-state index contributed by atoms with van der Waals surface area (Å²) in [6, 6.07) is 9.10. The lowest BCUT2D eigenvalue weighted by Gasteiger charge is -2.26. The van der Waals surface area contributed by atoms with E-state index in [4.69, 9.17) is 10.00 Å². The van der Waals surface area contributed by atoms with Crippen LogP contribution >= 0.6 is 0 Å². The average molecular weight is 286 g/mol. The van der Waals surface area contributed by atoms with Gasteiger partial charge >= 0.3 is 0 Å². The van der Waals surface area contributed by atoms with Gasteiger partial charge in [0.05, 0.1) is 5.56 Å². The van der Waals surface area contributed by atoms with Crippen molar-refractivity contribution in [2.45, 2.75) is 39.2 Å². The van der Waals surface area contributed by atoms with Gasteiger partial charge in [-0.05, 0) is 44.2 Å². The molecule has 0 spiro atoms. The van der Waals surface area contributed by atoms with Crippen molar-refractivity contribution in [2.75, 3.05) is 13.1 Å². The molecular weight excluding hydrogens is 264 g/mol. The Hall–Kier alpha value is -2.02. The number of rotatable bonds is 7. The Labute approximate surface area is 126 Å². The molecule has 0 bridgehead atoms. The number of nitrogens with zero attached hydrogens (tertiary/aromatic N) is 2. The second-order valence-electron chi connectivity index (χ2n) is 5.60. The van der Waals surface area contributed by atoms with Crippen LogP contribution in [0, 0.1) is 17.2 Å². The van der Waals surface area contributed by atoms with E-state index < -0.39 is 6.10 Å². The van der Waals surface area contributed by atoms with Gasteiger partial charge in [0.15, 0.2) is 6.10 Å². The van der Waals surface area contributed by atoms with Crippen molar-refractivity contribution in [3.8, 4) is 11.8 Å². The van der Waals surface area contributed by atoms with Crippen LogP contribution in [0.3, 0.4) is 0 Å². The molecule has 1 aromatic rings. The van der Waals surface area contributed by atoms with E-state index in [1.807, 2.05) is 4.90 Å². The van der Waals surface area contributed by atoms with Gasteiger partial charge in [0, 0.05) is 13.1 Å². The van der Waals surface area contributed by atoms with Gasteiger partial charge < -0.3 is 9.64 Å². The third-order valence-corrected chi connectivity index (χ3v) is 3.64. The van der Waals surface area contributed by atoms with Gasteiger partial charge in [-0.2, -0.15) is 5.26 Å². The molecule has 0 aromatic heterocycles. The number of hydrogen-bond donors (Lipinski definition) is 0. The lowest BCUT2D eigenvalue weighted by molar-refractivity contribution is -0.138. The molecule has 4 heteroatoms. The number of carbonyl (C=O) groups is 1. The van der Waals surface area contributed by atoms with E-state index in [-0.39, 0.29) is 5.91 Å². The highest BCUT2D eigenvalue weighted by Crippen LogP contribution is 2.30. The number of amides is 1. The first kappa shape index (κ1) is 15.4. The maximum absolute atomic E-state index is 12.5. The summed E-state index contributed by atoms with van der Waals surface area (Å²) >= 11 is 0. The minimum atomic E-state index is -0.565. The van der Waals surface area contributed by atoms with Gasteiger partial charge in [-0.3, -0.25) is 4.79 Å². The quantitative estimate of drug-likeness (QED) is 0.774. The molecule has 1 fully saturated rings. The van der Waals surface area contributed by atoms with E-state index in [2.05, 4.69) is 13.0 Å². The molecule has 1 atom stereocenters. The molecule has 0 saturated heterocycles. The van der Waals surface area contributed by atoms with E-state index in [9.17, 15) is 4.79 Å². The molecule has 0 aliphatic heterocycles. The van der Waals surface area contributed by atoms with Crippen molar-refractivity contribution >= 4 is 5.91 Å². The molecule has 1 unspecified atom stereocenters. The van der Waals surface area contributed by atoms with Crippen LogP contribution in [0.2, 0.25) is 0 Å². The Morgan fingerprint density at radius 1 is 1.48 bits per heavy atom. The van der Waals surface area contributed by atoms with Gasteiger partial charge in [0.2, 0.25) is 0 Å². The highest BCUT2D eigenvalue weighted by atomic mass is 16.5. The molecule has 4 nitrogen and oxygen atoms in total. The number of ether oxygens (including phenoxy) is 1. The van der Waals surface area contributed by atoms with Crippen molar-refractivity contribution in [3.05, 3.63) is 29.8 Å². The largest absolute Gasteiger partial charge is 0.480 e. The Morgan fingerprint density at radius 3 is 2.81 bits per heavy atom. The van der Waals surface area contributed by atoms with Crippen LogP contribution < -0.4 is 4.74 Å². The summed E-state index contributed by atoms with van der Waals surface area (Å²) in [5.74, 6) is 1.15. The maximum Gasteiger partial charge on any atom is 0.263 e. The van der Waals surface area contributed by atoms with E-state index >= 15 is 0 Å². The molecule has 1 aliphatic rings. The van der Waals surface area contributed by atoms with E-state index in [0.29, 0.717) is 17.2 Å². The molecular formula is C17H22N2O2. The standard InChI is InChI=1S/C17H22N2O2/c1-3-10-19(12-14-8-9-14)17(20)13(2)21-16-7-5-4-6-15(16)11-18/h4-7,13-14H,3,8-10,12H2,1-2H3. The molecule has 0 heterocycles. The first-order valence-corrected chi connectivity index (χ1v) is 7.60. The normalized spacial score (nSPS) is 15.1. The monoisotopic (exact) mass is 286 g/mol. The number of para-hydroxylation sites is 1. The summed E-state index contributed by atoms with van der Waals surface area (Å²) in [5, 5.41) is 9.07. The molecule has 1 saturated carbocycles. The number of nitriles is 1. The number of hydrogen-bond acceptors (Lipinski definition) is 3. The summed E-state index contributed by atoms with van der Waals surface area (Å²) in [4.78, 5) is 14.4. The Bertz CT molecular complexity index is 532. The predicted octanol–water partition coefficient (Wildman–Crippen LogP) is 2.97. The second kappa shape index (κ2) is 7.12. The predicted molar refractivity (Wildman–Crippen MR) is 80.8 cm³/mol. The van der Waals surface area contributed by atoms with Crippen molar-refractivity contribution in [2.24, 2.45) is 5.92 Å². The second-order valence-corrected chi connectivity index (χ2v) is 5.60. The lowest BCUT2D eigenvalue weighted by Crippen LogP contribution is -2.42. The minimum absolute atomic E-state index is 0.0106. The molecule has 1 aliphatic carbocycles. The lowest BCUT2D eigenvalue weighted by atomic mass is 10.2. The molecule has 112 valence electrons. The van der Waals surface area contributed by atoms with Crippen LogP contribution in [0.1, 0.15) is 38.7 Å². The third-order valence-electron chi connectivity index (χ3n) is 3.64. The summed E-state index contributed by atoms with van der Waals surface area (Å²) < 4.78 is 5.71. The highest BCUT2D eigenvalue weighted by molar-refractivity contribution is 5.81. The molecule has 0 radical (unpaired) electrons. The van der Waals surface area contributed by atoms with Crippen LogP contribution in [0.4, 0.5) is 0 Å². The zero-order valence-corrected chi connectivity index (χ0v) is 12.7. The van der Waals surface area contributed by atoms with Crippen molar-refractivity contribution < 1.29 is 9.53 Å².